The minimum atomic E-state index is -0.663. The van der Waals surface area contributed by atoms with Gasteiger partial charge in [-0.1, -0.05) is 6.58 Å². The summed E-state index contributed by atoms with van der Waals surface area (Å²) >= 11 is 0. The molecule has 2 saturated carbocycles. The van der Waals surface area contributed by atoms with Crippen molar-refractivity contribution in [1.29, 1.82) is 10.5 Å². The Morgan fingerprint density at radius 1 is 1.19 bits per heavy atom. The maximum absolute atomic E-state index is 12.8. The molecule has 0 spiro atoms. The Morgan fingerprint density at radius 2 is 1.94 bits per heavy atom. The standard InChI is InChI=1S/C28H30N6O2/c1-3-22-12-23(21(14-30)15-31-22)24-11-20(13-29)28(32-27(24)19-6-7-19)33-8-9-34(26(36)10-17(2)35)25(16-33)18-4-5-18/h3,11-12,15,17-19,25,35H,1,4-10,16H2,2H3/t17-,25+/m1/s1. The van der Waals surface area contributed by atoms with Crippen LogP contribution in [0.5, 0.6) is 0 Å². The summed E-state index contributed by atoms with van der Waals surface area (Å²) < 4.78 is 0. The van der Waals surface area contributed by atoms with Crippen LogP contribution in [0.3, 0.4) is 0 Å². The van der Waals surface area contributed by atoms with E-state index in [1.807, 2.05) is 17.0 Å². The zero-order chi connectivity index (χ0) is 25.4. The van der Waals surface area contributed by atoms with Crippen molar-refractivity contribution >= 4 is 17.8 Å². The van der Waals surface area contributed by atoms with E-state index in [0.29, 0.717) is 54.1 Å². The van der Waals surface area contributed by atoms with Gasteiger partial charge in [0, 0.05) is 42.9 Å². The lowest BCUT2D eigenvalue weighted by atomic mass is 9.95. The van der Waals surface area contributed by atoms with E-state index in [-0.39, 0.29) is 18.4 Å². The van der Waals surface area contributed by atoms with Crippen molar-refractivity contribution < 1.29 is 9.90 Å². The minimum absolute atomic E-state index is 0.0104. The van der Waals surface area contributed by atoms with Crippen molar-refractivity contribution in [1.82, 2.24) is 14.9 Å². The fraction of sp³-hybridized carbons (Fsp3) is 0.464. The fourth-order valence-corrected chi connectivity index (χ4v) is 5.19. The molecule has 8 nitrogen and oxygen atoms in total. The smallest absolute Gasteiger partial charge is 0.225 e. The van der Waals surface area contributed by atoms with E-state index < -0.39 is 6.10 Å². The number of nitriles is 2. The topological polar surface area (TPSA) is 117 Å². The van der Waals surface area contributed by atoms with E-state index in [2.05, 4.69) is 28.6 Å². The number of aromatic nitrogens is 2. The van der Waals surface area contributed by atoms with Crippen LogP contribution in [-0.2, 0) is 4.79 Å². The summed E-state index contributed by atoms with van der Waals surface area (Å²) in [4.78, 5) is 26.2. The number of piperazine rings is 1. The van der Waals surface area contributed by atoms with Gasteiger partial charge in [-0.05, 0) is 56.7 Å². The third-order valence-electron chi connectivity index (χ3n) is 7.34. The van der Waals surface area contributed by atoms with Crippen molar-refractivity contribution in [2.75, 3.05) is 24.5 Å². The highest BCUT2D eigenvalue weighted by Crippen LogP contribution is 2.46. The Kier molecular flexibility index (Phi) is 6.47. The monoisotopic (exact) mass is 482 g/mol. The zero-order valence-electron chi connectivity index (χ0n) is 20.5. The van der Waals surface area contributed by atoms with Gasteiger partial charge in [0.15, 0.2) is 0 Å². The van der Waals surface area contributed by atoms with Crippen LogP contribution in [-0.4, -0.2) is 57.7 Å². The van der Waals surface area contributed by atoms with Gasteiger partial charge in [0.05, 0.1) is 41.1 Å². The molecule has 36 heavy (non-hydrogen) atoms. The lowest BCUT2D eigenvalue weighted by Gasteiger charge is -2.43. The minimum Gasteiger partial charge on any atom is -0.393 e. The molecule has 5 rings (SSSR count). The number of pyridine rings is 2. The summed E-state index contributed by atoms with van der Waals surface area (Å²) in [5, 5.41) is 29.6. The predicted octanol–water partition coefficient (Wildman–Crippen LogP) is 3.61. The second-order valence-electron chi connectivity index (χ2n) is 10.1. The molecule has 0 bridgehead atoms. The number of rotatable bonds is 7. The number of hydrogen-bond donors (Lipinski definition) is 1. The highest BCUT2D eigenvalue weighted by atomic mass is 16.3. The Labute approximate surface area is 211 Å². The Hall–Kier alpha value is -3.75. The molecular weight excluding hydrogens is 452 g/mol. The van der Waals surface area contributed by atoms with Gasteiger partial charge in [-0.25, -0.2) is 4.98 Å². The van der Waals surface area contributed by atoms with Crippen LogP contribution >= 0.6 is 0 Å². The number of anilines is 1. The SMILES string of the molecule is C=Cc1cc(-c2cc(C#N)c(N3CCN(C(=O)C[C@@H](C)O)[C@H](C4CC4)C3)nc2C2CC2)c(C#N)cn1. The number of carbonyl (C=O) groups excluding carboxylic acids is 1. The first kappa shape index (κ1) is 24.0. The summed E-state index contributed by atoms with van der Waals surface area (Å²) in [6, 6.07) is 8.33. The van der Waals surface area contributed by atoms with Gasteiger partial charge in [-0.2, -0.15) is 10.5 Å². The van der Waals surface area contributed by atoms with Gasteiger partial charge in [0.1, 0.15) is 18.0 Å². The summed E-state index contributed by atoms with van der Waals surface area (Å²) in [7, 11) is 0. The lowest BCUT2D eigenvalue weighted by molar-refractivity contribution is -0.136. The summed E-state index contributed by atoms with van der Waals surface area (Å²) in [5.41, 5.74) is 4.03. The van der Waals surface area contributed by atoms with E-state index in [4.69, 9.17) is 4.98 Å². The van der Waals surface area contributed by atoms with E-state index in [1.54, 1.807) is 19.2 Å². The largest absolute Gasteiger partial charge is 0.393 e. The van der Waals surface area contributed by atoms with Crippen LogP contribution < -0.4 is 4.90 Å². The molecule has 1 amide bonds. The van der Waals surface area contributed by atoms with Crippen LogP contribution in [0, 0.1) is 28.6 Å². The molecule has 1 aliphatic heterocycles. The van der Waals surface area contributed by atoms with Crippen LogP contribution in [0.1, 0.15) is 67.5 Å². The van der Waals surface area contributed by atoms with Gasteiger partial charge < -0.3 is 14.9 Å². The zero-order valence-corrected chi connectivity index (χ0v) is 20.5. The Bertz CT molecular complexity index is 1280. The van der Waals surface area contributed by atoms with Crippen LogP contribution in [0.25, 0.3) is 17.2 Å². The molecule has 2 atom stereocenters. The van der Waals surface area contributed by atoms with Crippen LogP contribution in [0.2, 0.25) is 0 Å². The molecule has 2 aromatic rings. The van der Waals surface area contributed by atoms with Crippen LogP contribution in [0.4, 0.5) is 5.82 Å². The van der Waals surface area contributed by atoms with Crippen molar-refractivity contribution in [3.05, 3.63) is 47.4 Å². The van der Waals surface area contributed by atoms with E-state index in [1.165, 1.54) is 0 Å². The van der Waals surface area contributed by atoms with E-state index in [0.717, 1.165) is 42.5 Å². The summed E-state index contributed by atoms with van der Waals surface area (Å²) in [6.07, 6.45) is 6.89. The lowest BCUT2D eigenvalue weighted by Crippen LogP contribution is -2.57. The molecular formula is C28H30N6O2. The molecule has 1 N–H and O–H groups in total. The molecule has 3 heterocycles. The van der Waals surface area contributed by atoms with E-state index in [9.17, 15) is 20.4 Å². The number of nitrogens with zero attached hydrogens (tertiary/aromatic N) is 6. The molecule has 8 heteroatoms. The number of hydrogen-bond acceptors (Lipinski definition) is 7. The van der Waals surface area contributed by atoms with Crippen molar-refractivity contribution in [3.8, 4) is 23.3 Å². The quantitative estimate of drug-likeness (QED) is 0.641. The average Bonchev–Trinajstić information content (AvgIpc) is 3.80. The second-order valence-corrected chi connectivity index (χ2v) is 10.1. The molecule has 3 aliphatic rings. The summed E-state index contributed by atoms with van der Waals surface area (Å²) in [5.74, 6) is 1.40. The maximum Gasteiger partial charge on any atom is 0.225 e. The molecule has 0 radical (unpaired) electrons. The fourth-order valence-electron chi connectivity index (χ4n) is 5.19. The molecule has 3 fully saturated rings. The first-order valence-electron chi connectivity index (χ1n) is 12.6. The summed E-state index contributed by atoms with van der Waals surface area (Å²) in [6.45, 7) is 7.20. The van der Waals surface area contributed by atoms with Gasteiger partial charge in [-0.15, -0.1) is 0 Å². The predicted molar refractivity (Wildman–Crippen MR) is 136 cm³/mol. The number of aliphatic hydroxyl groups is 1. The number of amides is 1. The van der Waals surface area contributed by atoms with E-state index >= 15 is 0 Å². The third-order valence-corrected chi connectivity index (χ3v) is 7.34. The van der Waals surface area contributed by atoms with Crippen molar-refractivity contribution in [2.24, 2.45) is 5.92 Å². The Balaban J connectivity index is 1.52. The van der Waals surface area contributed by atoms with Crippen molar-refractivity contribution in [2.45, 2.75) is 57.1 Å². The molecule has 1 saturated heterocycles. The van der Waals surface area contributed by atoms with Gasteiger partial charge in [0.25, 0.3) is 0 Å². The third kappa shape index (κ3) is 4.69. The van der Waals surface area contributed by atoms with Crippen LogP contribution in [0.15, 0.2) is 24.9 Å². The van der Waals surface area contributed by atoms with Gasteiger partial charge in [0.2, 0.25) is 5.91 Å². The molecule has 184 valence electrons. The average molecular weight is 483 g/mol. The highest BCUT2D eigenvalue weighted by Gasteiger charge is 2.42. The first-order chi connectivity index (χ1) is 17.4. The maximum atomic E-state index is 12.8. The molecule has 2 aliphatic carbocycles. The van der Waals surface area contributed by atoms with Crippen molar-refractivity contribution in [3.63, 3.8) is 0 Å². The second kappa shape index (κ2) is 9.72. The Morgan fingerprint density at radius 3 is 2.56 bits per heavy atom. The normalized spacial score (nSPS) is 20.4. The first-order valence-corrected chi connectivity index (χ1v) is 12.6. The van der Waals surface area contributed by atoms with Gasteiger partial charge >= 0.3 is 0 Å². The number of aliphatic hydroxyl groups excluding tert-OH is 1. The highest BCUT2D eigenvalue weighted by molar-refractivity contribution is 5.79. The molecule has 0 unspecified atom stereocenters. The van der Waals surface area contributed by atoms with Gasteiger partial charge in [-0.3, -0.25) is 9.78 Å². The number of carbonyl (C=O) groups is 1. The molecule has 2 aromatic heterocycles. The molecule has 0 aromatic carbocycles.